The maximum Gasteiger partial charge on any atom is 0.341 e. The fraction of sp³-hybridized carbons (Fsp3) is 0.467. The third kappa shape index (κ3) is 5.24. The van der Waals surface area contributed by atoms with Crippen LogP contribution >= 0.6 is 0 Å². The maximum absolute atomic E-state index is 12.2. The van der Waals surface area contributed by atoms with E-state index in [0.29, 0.717) is 5.69 Å². The van der Waals surface area contributed by atoms with Gasteiger partial charge in [0.2, 0.25) is 0 Å². The Morgan fingerprint density at radius 3 is 2.39 bits per heavy atom. The highest BCUT2D eigenvalue weighted by Gasteiger charge is 2.25. The summed E-state index contributed by atoms with van der Waals surface area (Å²) in [5.41, 5.74) is -0.316. The van der Waals surface area contributed by atoms with E-state index in [1.165, 1.54) is 19.1 Å². The van der Waals surface area contributed by atoms with Crippen LogP contribution < -0.4 is 10.6 Å². The number of carbonyl (C=O) groups excluding carboxylic acids is 2. The minimum atomic E-state index is -1.02. The van der Waals surface area contributed by atoms with E-state index in [1.54, 1.807) is 27.8 Å². The van der Waals surface area contributed by atoms with Gasteiger partial charge in [0.05, 0.1) is 10.5 Å². The van der Waals surface area contributed by atoms with Crippen LogP contribution in [0.1, 0.15) is 38.1 Å². The summed E-state index contributed by atoms with van der Waals surface area (Å²) in [7, 11) is 1.58. The SMILES string of the molecule is CNc1ccc([N+](=O)[O-])cc1C(=O)O[C@@H](C)C(=O)NC(C)(C)C. The predicted octanol–water partition coefficient (Wildman–Crippen LogP) is 2.10. The zero-order valence-corrected chi connectivity index (χ0v) is 13.8. The Bertz CT molecular complexity index is 622. The van der Waals surface area contributed by atoms with Crippen molar-refractivity contribution >= 4 is 23.3 Å². The molecule has 23 heavy (non-hydrogen) atoms. The van der Waals surface area contributed by atoms with Crippen LogP contribution in [0.2, 0.25) is 0 Å². The molecule has 1 aromatic carbocycles. The molecule has 0 aliphatic rings. The highest BCUT2D eigenvalue weighted by molar-refractivity contribution is 5.98. The minimum Gasteiger partial charge on any atom is -0.449 e. The van der Waals surface area contributed by atoms with Gasteiger partial charge in [-0.25, -0.2) is 4.79 Å². The van der Waals surface area contributed by atoms with Crippen molar-refractivity contribution in [1.29, 1.82) is 0 Å². The van der Waals surface area contributed by atoms with Crippen molar-refractivity contribution < 1.29 is 19.2 Å². The van der Waals surface area contributed by atoms with E-state index in [0.717, 1.165) is 6.07 Å². The average Bonchev–Trinajstić information content (AvgIpc) is 2.44. The largest absolute Gasteiger partial charge is 0.449 e. The van der Waals surface area contributed by atoms with Crippen molar-refractivity contribution in [3.05, 3.63) is 33.9 Å². The molecule has 0 saturated heterocycles. The lowest BCUT2D eigenvalue weighted by Crippen LogP contribution is -2.46. The molecule has 0 saturated carbocycles. The van der Waals surface area contributed by atoms with Crippen molar-refractivity contribution in [1.82, 2.24) is 5.32 Å². The number of non-ortho nitro benzene ring substituents is 1. The highest BCUT2D eigenvalue weighted by Crippen LogP contribution is 2.23. The molecule has 0 radical (unpaired) electrons. The van der Waals surface area contributed by atoms with E-state index in [2.05, 4.69) is 10.6 Å². The highest BCUT2D eigenvalue weighted by atomic mass is 16.6. The van der Waals surface area contributed by atoms with Crippen molar-refractivity contribution in [3.63, 3.8) is 0 Å². The topological polar surface area (TPSA) is 111 Å². The quantitative estimate of drug-likeness (QED) is 0.488. The van der Waals surface area contributed by atoms with Gasteiger partial charge < -0.3 is 15.4 Å². The summed E-state index contributed by atoms with van der Waals surface area (Å²) in [6.45, 7) is 6.85. The van der Waals surface area contributed by atoms with Gasteiger partial charge in [-0.2, -0.15) is 0 Å². The van der Waals surface area contributed by atoms with E-state index in [9.17, 15) is 19.7 Å². The molecule has 0 unspecified atom stereocenters. The first-order valence-corrected chi connectivity index (χ1v) is 7.04. The lowest BCUT2D eigenvalue weighted by molar-refractivity contribution is -0.384. The third-order valence-corrected chi connectivity index (χ3v) is 2.85. The van der Waals surface area contributed by atoms with Gasteiger partial charge in [0.15, 0.2) is 6.10 Å². The molecule has 1 aromatic rings. The minimum absolute atomic E-state index is 0.00268. The molecule has 0 aliphatic carbocycles. The van der Waals surface area contributed by atoms with Gasteiger partial charge in [0.25, 0.3) is 11.6 Å². The smallest absolute Gasteiger partial charge is 0.341 e. The van der Waals surface area contributed by atoms with Gasteiger partial charge in [0, 0.05) is 30.4 Å². The number of hydrogen-bond donors (Lipinski definition) is 2. The number of nitro benzene ring substituents is 1. The van der Waals surface area contributed by atoms with Crippen LogP contribution in [0.25, 0.3) is 0 Å². The summed E-state index contributed by atoms with van der Waals surface area (Å²) in [4.78, 5) is 34.4. The molecule has 0 aliphatic heterocycles. The Kier molecular flexibility index (Phi) is 5.67. The number of nitrogens with one attached hydrogen (secondary N) is 2. The number of amides is 1. The Balaban J connectivity index is 2.94. The van der Waals surface area contributed by atoms with Crippen LogP contribution in [0.15, 0.2) is 18.2 Å². The number of esters is 1. The Morgan fingerprint density at radius 2 is 1.91 bits per heavy atom. The number of carbonyl (C=O) groups is 2. The van der Waals surface area contributed by atoms with Crippen LogP contribution in [0.5, 0.6) is 0 Å². The van der Waals surface area contributed by atoms with Gasteiger partial charge in [-0.1, -0.05) is 0 Å². The fourth-order valence-electron chi connectivity index (χ4n) is 1.78. The second-order valence-corrected chi connectivity index (χ2v) is 6.02. The van der Waals surface area contributed by atoms with E-state index in [1.807, 2.05) is 0 Å². The molecule has 8 heteroatoms. The number of nitro groups is 1. The van der Waals surface area contributed by atoms with Crippen molar-refractivity contribution in [2.75, 3.05) is 12.4 Å². The number of benzene rings is 1. The number of nitrogens with zero attached hydrogens (tertiary/aromatic N) is 1. The van der Waals surface area contributed by atoms with E-state index in [-0.39, 0.29) is 11.3 Å². The van der Waals surface area contributed by atoms with Crippen LogP contribution in [-0.2, 0) is 9.53 Å². The molecule has 0 spiro atoms. The summed E-state index contributed by atoms with van der Waals surface area (Å²) in [5.74, 6) is -1.25. The normalized spacial score (nSPS) is 12.2. The summed E-state index contributed by atoms with van der Waals surface area (Å²) in [6, 6.07) is 3.80. The monoisotopic (exact) mass is 323 g/mol. The zero-order valence-electron chi connectivity index (χ0n) is 13.8. The first-order chi connectivity index (χ1) is 10.5. The maximum atomic E-state index is 12.2. The van der Waals surface area contributed by atoms with Gasteiger partial charge in [-0.3, -0.25) is 14.9 Å². The van der Waals surface area contributed by atoms with E-state index < -0.39 is 28.4 Å². The Hall–Kier alpha value is -2.64. The second kappa shape index (κ2) is 7.08. The summed E-state index contributed by atoms with van der Waals surface area (Å²) >= 11 is 0. The Morgan fingerprint density at radius 1 is 1.30 bits per heavy atom. The molecule has 1 atom stereocenters. The molecule has 0 fully saturated rings. The molecule has 0 bridgehead atoms. The number of rotatable bonds is 5. The van der Waals surface area contributed by atoms with Crippen LogP contribution in [0.4, 0.5) is 11.4 Å². The van der Waals surface area contributed by atoms with Gasteiger partial charge in [-0.05, 0) is 33.8 Å². The lowest BCUT2D eigenvalue weighted by atomic mass is 10.1. The summed E-state index contributed by atoms with van der Waals surface area (Å²) in [5, 5.41) is 16.3. The van der Waals surface area contributed by atoms with Gasteiger partial charge in [0.1, 0.15) is 0 Å². The number of anilines is 1. The molecular weight excluding hydrogens is 302 g/mol. The molecule has 1 amide bonds. The standard InChI is InChI=1S/C15H21N3O5/c1-9(13(19)17-15(2,3)4)23-14(20)11-8-10(18(21)22)6-7-12(11)16-5/h6-9,16H,1-5H3,(H,17,19)/t9-/m0/s1. The summed E-state index contributed by atoms with van der Waals surface area (Å²) in [6.07, 6.45) is -1.02. The predicted molar refractivity (Wildman–Crippen MR) is 85.4 cm³/mol. The molecule has 126 valence electrons. The molecule has 8 nitrogen and oxygen atoms in total. The molecule has 1 rings (SSSR count). The fourth-order valence-corrected chi connectivity index (χ4v) is 1.78. The van der Waals surface area contributed by atoms with Gasteiger partial charge in [-0.15, -0.1) is 0 Å². The first kappa shape index (κ1) is 18.4. The molecule has 0 aromatic heterocycles. The van der Waals surface area contributed by atoms with Crippen LogP contribution in [0.3, 0.4) is 0 Å². The summed E-state index contributed by atoms with van der Waals surface area (Å²) < 4.78 is 5.11. The second-order valence-electron chi connectivity index (χ2n) is 6.02. The van der Waals surface area contributed by atoms with Crippen molar-refractivity contribution in [3.8, 4) is 0 Å². The van der Waals surface area contributed by atoms with Gasteiger partial charge >= 0.3 is 5.97 Å². The molecular formula is C15H21N3O5. The Labute approximate surface area is 134 Å². The third-order valence-electron chi connectivity index (χ3n) is 2.85. The average molecular weight is 323 g/mol. The van der Waals surface area contributed by atoms with Crippen molar-refractivity contribution in [2.45, 2.75) is 39.3 Å². The first-order valence-electron chi connectivity index (χ1n) is 7.04. The molecule has 2 N–H and O–H groups in total. The van der Waals surface area contributed by atoms with E-state index in [4.69, 9.17) is 4.74 Å². The molecule has 0 heterocycles. The van der Waals surface area contributed by atoms with Crippen molar-refractivity contribution in [2.24, 2.45) is 0 Å². The van der Waals surface area contributed by atoms with E-state index >= 15 is 0 Å². The zero-order chi connectivity index (χ0) is 17.8. The number of hydrogen-bond acceptors (Lipinski definition) is 6. The van der Waals surface area contributed by atoms with Crippen LogP contribution in [-0.4, -0.2) is 35.5 Å². The number of ether oxygens (including phenoxy) is 1. The lowest BCUT2D eigenvalue weighted by Gasteiger charge is -2.23. The van der Waals surface area contributed by atoms with Crippen LogP contribution in [0, 0.1) is 10.1 Å².